The average molecular weight is 284 g/mol. The first kappa shape index (κ1) is 14.8. The first-order chi connectivity index (χ1) is 8.65. The lowest BCUT2D eigenvalue weighted by Gasteiger charge is -2.08. The normalized spacial score (nSPS) is 9.39. The highest BCUT2D eigenvalue weighted by atomic mass is 35.5. The number of nitrogens with zero attached hydrogens (tertiary/aromatic N) is 1. The van der Waals surface area contributed by atoms with Crippen molar-refractivity contribution in [3.63, 3.8) is 0 Å². The third-order valence-electron chi connectivity index (χ3n) is 2.06. The van der Waals surface area contributed by atoms with E-state index in [0.29, 0.717) is 16.1 Å². The van der Waals surface area contributed by atoms with Crippen LogP contribution in [0.15, 0.2) is 36.4 Å². The molecule has 2 aromatic rings. The third kappa shape index (κ3) is 4.21. The average Bonchev–Trinajstić information content (AvgIpc) is 2.33. The number of pyridine rings is 1. The van der Waals surface area contributed by atoms with Gasteiger partial charge in [-0.2, -0.15) is 0 Å². The van der Waals surface area contributed by atoms with Crippen LogP contribution in [-0.2, 0) is 0 Å². The van der Waals surface area contributed by atoms with Gasteiger partial charge in [0.15, 0.2) is 0 Å². The summed E-state index contributed by atoms with van der Waals surface area (Å²) >= 11 is 11.6. The maximum atomic E-state index is 5.78. The van der Waals surface area contributed by atoms with Gasteiger partial charge < -0.3 is 4.74 Å². The lowest BCUT2D eigenvalue weighted by molar-refractivity contribution is 0.478. The van der Waals surface area contributed by atoms with Gasteiger partial charge in [0.1, 0.15) is 21.8 Å². The summed E-state index contributed by atoms with van der Waals surface area (Å²) in [4.78, 5) is 3.85. The molecule has 96 valence electrons. The van der Waals surface area contributed by atoms with Gasteiger partial charge in [0.25, 0.3) is 0 Å². The molecule has 2 nitrogen and oxygen atoms in total. The number of halogens is 2. The maximum Gasteiger partial charge on any atom is 0.134 e. The van der Waals surface area contributed by atoms with E-state index in [2.05, 4.69) is 4.98 Å². The van der Waals surface area contributed by atoms with Crippen molar-refractivity contribution in [2.24, 2.45) is 0 Å². The molecule has 0 aliphatic heterocycles. The molecule has 0 spiro atoms. The second-order valence-corrected chi connectivity index (χ2v) is 4.09. The summed E-state index contributed by atoms with van der Waals surface area (Å²) in [6.45, 7) is 5.97. The summed E-state index contributed by atoms with van der Waals surface area (Å²) in [5.41, 5.74) is 1.05. The van der Waals surface area contributed by atoms with Crippen molar-refractivity contribution in [3.8, 4) is 11.5 Å². The fourth-order valence-corrected chi connectivity index (χ4v) is 1.74. The summed E-state index contributed by atoms with van der Waals surface area (Å²) in [5.74, 6) is 1.36. The van der Waals surface area contributed by atoms with E-state index in [-0.39, 0.29) is 0 Å². The molecule has 0 saturated carbocycles. The van der Waals surface area contributed by atoms with Crippen LogP contribution in [0.3, 0.4) is 0 Å². The fourth-order valence-electron chi connectivity index (χ4n) is 1.30. The Hall–Kier alpha value is -1.25. The zero-order chi connectivity index (χ0) is 13.5. The Morgan fingerprint density at radius 3 is 2.11 bits per heavy atom. The van der Waals surface area contributed by atoms with E-state index in [0.717, 1.165) is 11.3 Å². The Kier molecular flexibility index (Phi) is 5.96. The van der Waals surface area contributed by atoms with Crippen LogP contribution in [0.4, 0.5) is 0 Å². The van der Waals surface area contributed by atoms with Crippen molar-refractivity contribution >= 4 is 23.2 Å². The van der Waals surface area contributed by atoms with Crippen molar-refractivity contribution in [1.82, 2.24) is 4.98 Å². The molecule has 18 heavy (non-hydrogen) atoms. The van der Waals surface area contributed by atoms with E-state index in [1.165, 1.54) is 0 Å². The van der Waals surface area contributed by atoms with E-state index >= 15 is 0 Å². The molecule has 1 aromatic carbocycles. The predicted octanol–water partition coefficient (Wildman–Crippen LogP) is 5.52. The molecule has 1 heterocycles. The molecule has 4 heteroatoms. The highest BCUT2D eigenvalue weighted by Crippen LogP contribution is 2.27. The number of hydrogen-bond donors (Lipinski definition) is 0. The Labute approximate surface area is 118 Å². The van der Waals surface area contributed by atoms with Crippen LogP contribution in [0.1, 0.15) is 19.4 Å². The molecule has 0 N–H and O–H groups in total. The van der Waals surface area contributed by atoms with Crippen molar-refractivity contribution in [3.05, 3.63) is 52.3 Å². The lowest BCUT2D eigenvalue weighted by atomic mass is 10.2. The second-order valence-electron chi connectivity index (χ2n) is 3.32. The number of benzene rings is 1. The van der Waals surface area contributed by atoms with Crippen LogP contribution in [0.25, 0.3) is 0 Å². The van der Waals surface area contributed by atoms with E-state index in [1.54, 1.807) is 12.1 Å². The smallest absolute Gasteiger partial charge is 0.134 e. The topological polar surface area (TPSA) is 22.1 Å². The van der Waals surface area contributed by atoms with E-state index < -0.39 is 0 Å². The van der Waals surface area contributed by atoms with Gasteiger partial charge >= 0.3 is 0 Å². The van der Waals surface area contributed by atoms with Crippen molar-refractivity contribution in [2.75, 3.05) is 0 Å². The number of aryl methyl sites for hydroxylation is 1. The molecular formula is C14H15Cl2NO. The molecule has 0 aliphatic rings. The Bertz CT molecular complexity index is 495. The largest absolute Gasteiger partial charge is 0.457 e. The quantitative estimate of drug-likeness (QED) is 0.678. The van der Waals surface area contributed by atoms with Gasteiger partial charge in [0.05, 0.1) is 0 Å². The summed E-state index contributed by atoms with van der Waals surface area (Å²) in [6.07, 6.45) is 0. The molecule has 0 radical (unpaired) electrons. The van der Waals surface area contributed by atoms with E-state index in [9.17, 15) is 0 Å². The van der Waals surface area contributed by atoms with Crippen molar-refractivity contribution < 1.29 is 4.74 Å². The monoisotopic (exact) mass is 283 g/mol. The Morgan fingerprint density at radius 2 is 1.56 bits per heavy atom. The molecule has 0 bridgehead atoms. The SMILES string of the molecule is CC.Cc1ccccc1Oc1cc(Cl)nc(Cl)c1. The van der Waals surface area contributed by atoms with Crippen LogP contribution >= 0.6 is 23.2 Å². The standard InChI is InChI=1S/C12H9Cl2NO.C2H6/c1-8-4-2-3-5-10(8)16-9-6-11(13)15-12(14)7-9;1-2/h2-7H,1H3;1-2H3. The summed E-state index contributed by atoms with van der Waals surface area (Å²) in [7, 11) is 0. The molecule has 0 fully saturated rings. The molecule has 0 aliphatic carbocycles. The zero-order valence-corrected chi connectivity index (χ0v) is 12.1. The van der Waals surface area contributed by atoms with Crippen LogP contribution < -0.4 is 4.74 Å². The van der Waals surface area contributed by atoms with Gasteiger partial charge in [0, 0.05) is 12.1 Å². The molecule has 1 aromatic heterocycles. The van der Waals surface area contributed by atoms with Gasteiger partial charge in [0.2, 0.25) is 0 Å². The Morgan fingerprint density at radius 1 is 1.00 bits per heavy atom. The van der Waals surface area contributed by atoms with Crippen LogP contribution in [-0.4, -0.2) is 4.98 Å². The van der Waals surface area contributed by atoms with Crippen LogP contribution in [0, 0.1) is 6.92 Å². The zero-order valence-electron chi connectivity index (χ0n) is 10.6. The minimum Gasteiger partial charge on any atom is -0.457 e. The maximum absolute atomic E-state index is 5.78. The first-order valence-electron chi connectivity index (χ1n) is 5.72. The highest BCUT2D eigenvalue weighted by molar-refractivity contribution is 6.32. The summed E-state index contributed by atoms with van der Waals surface area (Å²) < 4.78 is 5.66. The highest BCUT2D eigenvalue weighted by Gasteiger charge is 2.03. The molecule has 0 amide bonds. The van der Waals surface area contributed by atoms with Crippen LogP contribution in [0.5, 0.6) is 11.5 Å². The van der Waals surface area contributed by atoms with Crippen molar-refractivity contribution in [2.45, 2.75) is 20.8 Å². The van der Waals surface area contributed by atoms with Gasteiger partial charge in [-0.15, -0.1) is 0 Å². The van der Waals surface area contributed by atoms with Gasteiger partial charge in [-0.3, -0.25) is 0 Å². The number of para-hydroxylation sites is 1. The lowest BCUT2D eigenvalue weighted by Crippen LogP contribution is -1.88. The van der Waals surface area contributed by atoms with Crippen molar-refractivity contribution in [1.29, 1.82) is 0 Å². The minimum absolute atomic E-state index is 0.316. The first-order valence-corrected chi connectivity index (χ1v) is 6.47. The molecule has 0 unspecified atom stereocenters. The van der Waals surface area contributed by atoms with Gasteiger partial charge in [-0.25, -0.2) is 4.98 Å². The van der Waals surface area contributed by atoms with E-state index in [4.69, 9.17) is 27.9 Å². The second kappa shape index (κ2) is 7.24. The third-order valence-corrected chi connectivity index (χ3v) is 2.44. The van der Waals surface area contributed by atoms with Gasteiger partial charge in [-0.05, 0) is 18.6 Å². The number of aromatic nitrogens is 1. The van der Waals surface area contributed by atoms with Gasteiger partial charge in [-0.1, -0.05) is 55.2 Å². The molecule has 0 saturated heterocycles. The molecular weight excluding hydrogens is 269 g/mol. The number of ether oxygens (including phenoxy) is 1. The Balaban J connectivity index is 0.000000771. The molecule has 2 rings (SSSR count). The predicted molar refractivity (Wildman–Crippen MR) is 76.9 cm³/mol. The van der Waals surface area contributed by atoms with Crippen LogP contribution in [0.2, 0.25) is 10.3 Å². The molecule has 0 atom stereocenters. The summed E-state index contributed by atoms with van der Waals surface area (Å²) in [5, 5.41) is 0.632. The minimum atomic E-state index is 0.316. The number of rotatable bonds is 2. The van der Waals surface area contributed by atoms with E-state index in [1.807, 2.05) is 45.0 Å². The summed E-state index contributed by atoms with van der Waals surface area (Å²) in [6, 6.07) is 11.0. The fraction of sp³-hybridized carbons (Fsp3) is 0.214. The number of hydrogen-bond acceptors (Lipinski definition) is 2.